The summed E-state index contributed by atoms with van der Waals surface area (Å²) >= 11 is 0. The van der Waals surface area contributed by atoms with Crippen molar-refractivity contribution in [3.63, 3.8) is 0 Å². The summed E-state index contributed by atoms with van der Waals surface area (Å²) in [5.74, 6) is -3.24. The van der Waals surface area contributed by atoms with Gasteiger partial charge in [-0.25, -0.2) is 0 Å². The Morgan fingerprint density at radius 2 is 1.96 bits per heavy atom. The molecule has 1 unspecified atom stereocenters. The van der Waals surface area contributed by atoms with Gasteiger partial charge in [-0.3, -0.25) is 4.68 Å². The summed E-state index contributed by atoms with van der Waals surface area (Å²) in [6, 6.07) is 8.96. The predicted octanol–water partition coefficient (Wildman–Crippen LogP) is 3.26. The van der Waals surface area contributed by atoms with E-state index in [1.54, 1.807) is 18.3 Å². The van der Waals surface area contributed by atoms with Crippen LogP contribution >= 0.6 is 0 Å². The fraction of sp³-hybridized carbons (Fsp3) is 0.412. The molecule has 0 fully saturated rings. The Hall–Kier alpha value is -2.35. The third-order valence-corrected chi connectivity index (χ3v) is 4.07. The third kappa shape index (κ3) is 3.53. The molecule has 1 aromatic heterocycles. The second-order valence-electron chi connectivity index (χ2n) is 6.01. The number of oxime groups is 1. The number of hydrogen-bond acceptors (Lipinski definition) is 4. The smallest absolute Gasteiger partial charge is 0.350 e. The molecular weight excluding hydrogens is 335 g/mol. The number of aliphatic hydroxyl groups is 1. The van der Waals surface area contributed by atoms with Gasteiger partial charge in [0.1, 0.15) is 0 Å². The van der Waals surface area contributed by atoms with Crippen molar-refractivity contribution in [2.75, 3.05) is 0 Å². The van der Waals surface area contributed by atoms with E-state index in [-0.39, 0.29) is 5.71 Å². The number of benzene rings is 1. The summed E-state index contributed by atoms with van der Waals surface area (Å²) in [5.41, 5.74) is 2.64. The molecule has 0 saturated heterocycles. The molecule has 0 saturated carbocycles. The average molecular weight is 353 g/mol. The fourth-order valence-electron chi connectivity index (χ4n) is 2.68. The first kappa shape index (κ1) is 17.5. The number of aromatic nitrogens is 2. The minimum Gasteiger partial charge on any atom is -0.350 e. The molecule has 3 rings (SSSR count). The highest BCUT2D eigenvalue weighted by atomic mass is 19.4. The molecule has 2 aromatic rings. The van der Waals surface area contributed by atoms with E-state index < -0.39 is 18.4 Å². The van der Waals surface area contributed by atoms with Gasteiger partial charge in [0.05, 0.1) is 12.1 Å². The Morgan fingerprint density at radius 3 is 2.56 bits per heavy atom. The monoisotopic (exact) mass is 353 g/mol. The SMILES string of the molecule is CCCn1nccc1Cc1ccc(C2=NOC(O)(C(F)(F)F)C2)cc1. The Bertz CT molecular complexity index is 768. The van der Waals surface area contributed by atoms with Gasteiger partial charge in [0, 0.05) is 24.9 Å². The lowest BCUT2D eigenvalue weighted by Gasteiger charge is -2.22. The van der Waals surface area contributed by atoms with Gasteiger partial charge in [0.15, 0.2) is 0 Å². The van der Waals surface area contributed by atoms with Gasteiger partial charge in [0.2, 0.25) is 0 Å². The van der Waals surface area contributed by atoms with Crippen molar-refractivity contribution in [3.8, 4) is 0 Å². The van der Waals surface area contributed by atoms with Crippen LogP contribution in [0.3, 0.4) is 0 Å². The molecule has 0 bridgehead atoms. The summed E-state index contributed by atoms with van der Waals surface area (Å²) in [6.07, 6.45) is -2.21. The van der Waals surface area contributed by atoms with Crippen LogP contribution in [-0.2, 0) is 17.8 Å². The van der Waals surface area contributed by atoms with Crippen molar-refractivity contribution in [1.82, 2.24) is 9.78 Å². The van der Waals surface area contributed by atoms with Crippen molar-refractivity contribution in [3.05, 3.63) is 53.3 Å². The molecule has 1 N–H and O–H groups in total. The molecule has 2 heterocycles. The average Bonchev–Trinajstić information content (AvgIpc) is 3.16. The zero-order chi connectivity index (χ0) is 18.1. The number of alkyl halides is 3. The van der Waals surface area contributed by atoms with E-state index in [0.29, 0.717) is 12.0 Å². The van der Waals surface area contributed by atoms with Gasteiger partial charge in [0.25, 0.3) is 0 Å². The zero-order valence-corrected chi connectivity index (χ0v) is 13.6. The largest absolute Gasteiger partial charge is 0.458 e. The summed E-state index contributed by atoms with van der Waals surface area (Å²) in [7, 11) is 0. The molecule has 1 aliphatic rings. The number of halogens is 3. The maximum Gasteiger partial charge on any atom is 0.458 e. The van der Waals surface area contributed by atoms with Crippen molar-refractivity contribution in [2.24, 2.45) is 5.16 Å². The molecular formula is C17H18F3N3O2. The Morgan fingerprint density at radius 1 is 1.24 bits per heavy atom. The lowest BCUT2D eigenvalue weighted by Crippen LogP contribution is -2.45. The number of aryl methyl sites for hydroxylation is 1. The van der Waals surface area contributed by atoms with E-state index in [9.17, 15) is 18.3 Å². The Balaban J connectivity index is 1.70. The molecule has 1 atom stereocenters. The predicted molar refractivity (Wildman–Crippen MR) is 85.0 cm³/mol. The highest BCUT2D eigenvalue weighted by molar-refractivity contribution is 6.01. The normalized spacial score (nSPS) is 20.4. The second kappa shape index (κ2) is 6.51. The standard InChI is InChI=1S/C17H18F3N3O2/c1-2-9-23-14(7-8-21-23)10-12-3-5-13(6-4-12)15-11-16(24,25-22-15)17(18,19)20/h3-8,24H,2,9-11H2,1H3. The van der Waals surface area contributed by atoms with Crippen LogP contribution in [0.25, 0.3) is 0 Å². The summed E-state index contributed by atoms with van der Waals surface area (Å²) < 4.78 is 40.2. The minimum absolute atomic E-state index is 0.0717. The van der Waals surface area contributed by atoms with Crippen LogP contribution in [0.2, 0.25) is 0 Å². The van der Waals surface area contributed by atoms with Gasteiger partial charge in [-0.1, -0.05) is 36.3 Å². The van der Waals surface area contributed by atoms with Crippen molar-refractivity contribution >= 4 is 5.71 Å². The minimum atomic E-state index is -4.89. The summed E-state index contributed by atoms with van der Waals surface area (Å²) in [5, 5.41) is 17.2. The molecule has 0 amide bonds. The number of nitrogens with zero attached hydrogens (tertiary/aromatic N) is 3. The van der Waals surface area contributed by atoms with E-state index in [4.69, 9.17) is 0 Å². The lowest BCUT2D eigenvalue weighted by molar-refractivity contribution is -0.355. The molecule has 134 valence electrons. The van der Waals surface area contributed by atoms with E-state index in [0.717, 1.165) is 24.2 Å². The highest BCUT2D eigenvalue weighted by Gasteiger charge is 2.60. The van der Waals surface area contributed by atoms with Crippen molar-refractivity contribution in [2.45, 2.75) is 44.7 Å². The maximum absolute atomic E-state index is 12.8. The maximum atomic E-state index is 12.8. The van der Waals surface area contributed by atoms with Crippen molar-refractivity contribution < 1.29 is 23.1 Å². The number of rotatable bonds is 5. The van der Waals surface area contributed by atoms with Crippen LogP contribution in [-0.4, -0.2) is 32.6 Å². The van der Waals surface area contributed by atoms with E-state index >= 15 is 0 Å². The summed E-state index contributed by atoms with van der Waals surface area (Å²) in [4.78, 5) is 4.24. The molecule has 0 aliphatic carbocycles. The molecule has 0 spiro atoms. The molecule has 0 radical (unpaired) electrons. The van der Waals surface area contributed by atoms with Crippen LogP contribution < -0.4 is 0 Å². The second-order valence-corrected chi connectivity index (χ2v) is 6.01. The van der Waals surface area contributed by atoms with Crippen LogP contribution in [0.4, 0.5) is 13.2 Å². The quantitative estimate of drug-likeness (QED) is 0.898. The van der Waals surface area contributed by atoms with Crippen LogP contribution in [0.15, 0.2) is 41.7 Å². The van der Waals surface area contributed by atoms with Crippen molar-refractivity contribution in [1.29, 1.82) is 0 Å². The van der Waals surface area contributed by atoms with Crippen LogP contribution in [0.5, 0.6) is 0 Å². The third-order valence-electron chi connectivity index (χ3n) is 4.07. The molecule has 1 aromatic carbocycles. The van der Waals surface area contributed by atoms with Gasteiger partial charge in [-0.05, 0) is 23.6 Å². The van der Waals surface area contributed by atoms with E-state index in [1.807, 2.05) is 22.9 Å². The topological polar surface area (TPSA) is 59.6 Å². The first-order valence-corrected chi connectivity index (χ1v) is 7.96. The first-order valence-electron chi connectivity index (χ1n) is 7.96. The molecule has 8 heteroatoms. The molecule has 25 heavy (non-hydrogen) atoms. The van der Waals surface area contributed by atoms with E-state index in [2.05, 4.69) is 22.0 Å². The first-order chi connectivity index (χ1) is 11.8. The summed E-state index contributed by atoms with van der Waals surface area (Å²) in [6.45, 7) is 2.91. The molecule has 1 aliphatic heterocycles. The highest BCUT2D eigenvalue weighted by Crippen LogP contribution is 2.38. The zero-order valence-electron chi connectivity index (χ0n) is 13.6. The fourth-order valence-corrected chi connectivity index (χ4v) is 2.68. The van der Waals surface area contributed by atoms with E-state index in [1.165, 1.54) is 0 Å². The van der Waals surface area contributed by atoms with Gasteiger partial charge in [-0.2, -0.15) is 18.3 Å². The van der Waals surface area contributed by atoms with Gasteiger partial charge < -0.3 is 9.94 Å². The van der Waals surface area contributed by atoms with Gasteiger partial charge >= 0.3 is 12.0 Å². The Labute approximate surface area is 142 Å². The lowest BCUT2D eigenvalue weighted by atomic mass is 10.00. The van der Waals surface area contributed by atoms with Crippen LogP contribution in [0.1, 0.15) is 36.6 Å². The number of hydrogen-bond donors (Lipinski definition) is 1. The van der Waals surface area contributed by atoms with Gasteiger partial charge in [-0.15, -0.1) is 0 Å². The van der Waals surface area contributed by atoms with Crippen LogP contribution in [0, 0.1) is 0 Å². The Kier molecular flexibility index (Phi) is 4.55. The molecule has 5 nitrogen and oxygen atoms in total.